The van der Waals surface area contributed by atoms with Crippen molar-refractivity contribution in [2.75, 3.05) is 26.7 Å². The van der Waals surface area contributed by atoms with Crippen molar-refractivity contribution in [2.45, 2.75) is 30.1 Å². The Morgan fingerprint density at radius 3 is 2.70 bits per heavy atom. The summed E-state index contributed by atoms with van der Waals surface area (Å²) in [4.78, 5) is 2.98. The fraction of sp³-hybridized carbons (Fsp3) is 0.692. The minimum atomic E-state index is -3.41. The Morgan fingerprint density at radius 1 is 1.40 bits per heavy atom. The van der Waals surface area contributed by atoms with Gasteiger partial charge >= 0.3 is 0 Å². The van der Waals surface area contributed by atoms with Crippen molar-refractivity contribution in [2.24, 2.45) is 5.92 Å². The lowest BCUT2D eigenvalue weighted by Gasteiger charge is -2.28. The Balaban J connectivity index is 1.80. The molecule has 0 aliphatic carbocycles. The van der Waals surface area contributed by atoms with E-state index in [2.05, 4.69) is 16.7 Å². The number of nitrogens with zero attached hydrogens (tertiary/aromatic N) is 1. The molecule has 1 fully saturated rings. The maximum atomic E-state index is 12.1. The summed E-state index contributed by atoms with van der Waals surface area (Å²) in [5.41, 5.74) is 0. The zero-order valence-electron chi connectivity index (χ0n) is 11.7. The van der Waals surface area contributed by atoms with Crippen LogP contribution in [0.2, 0.25) is 0 Å². The minimum absolute atomic E-state index is 0.115. The highest BCUT2D eigenvalue weighted by atomic mass is 32.2. The fourth-order valence-corrected chi connectivity index (χ4v) is 4.71. The van der Waals surface area contributed by atoms with E-state index < -0.39 is 10.0 Å². The molecule has 0 aromatic carbocycles. The van der Waals surface area contributed by atoms with Gasteiger partial charge in [0.15, 0.2) is 0 Å². The molecule has 1 aliphatic rings. The summed E-state index contributed by atoms with van der Waals surface area (Å²) in [5.74, 6) is 0.616. The van der Waals surface area contributed by atoms with Crippen molar-refractivity contribution in [3.63, 3.8) is 0 Å². The van der Waals surface area contributed by atoms with Crippen LogP contribution >= 0.6 is 11.3 Å². The molecular weight excluding hydrogens is 296 g/mol. The van der Waals surface area contributed by atoms with Gasteiger partial charge in [0.05, 0.1) is 6.61 Å². The van der Waals surface area contributed by atoms with Gasteiger partial charge in [-0.1, -0.05) is 0 Å². The third-order valence-electron chi connectivity index (χ3n) is 3.74. The molecule has 2 rings (SSSR count). The second kappa shape index (κ2) is 7.00. The Labute approximate surface area is 124 Å². The summed E-state index contributed by atoms with van der Waals surface area (Å²) >= 11 is 1.12. The molecule has 7 heteroatoms. The van der Waals surface area contributed by atoms with Crippen molar-refractivity contribution < 1.29 is 13.5 Å². The molecule has 20 heavy (non-hydrogen) atoms. The standard InChI is InChI=1S/C13H22N2O3S2/c1-15-8-5-11(6-9-15)4-7-14-20(17,18)13-3-2-12(10-16)19-13/h2-3,11,14,16H,4-10H2,1H3. The summed E-state index contributed by atoms with van der Waals surface area (Å²) in [7, 11) is -1.29. The van der Waals surface area contributed by atoms with Crippen LogP contribution in [0.4, 0.5) is 0 Å². The van der Waals surface area contributed by atoms with Gasteiger partial charge in [-0.3, -0.25) is 0 Å². The van der Waals surface area contributed by atoms with Crippen molar-refractivity contribution in [1.82, 2.24) is 9.62 Å². The van der Waals surface area contributed by atoms with Gasteiger partial charge < -0.3 is 10.0 Å². The Kier molecular flexibility index (Phi) is 5.57. The van der Waals surface area contributed by atoms with Crippen LogP contribution in [0.15, 0.2) is 16.3 Å². The average molecular weight is 318 g/mol. The Morgan fingerprint density at radius 2 is 2.10 bits per heavy atom. The molecule has 0 unspecified atom stereocenters. The lowest BCUT2D eigenvalue weighted by Crippen LogP contribution is -2.32. The molecule has 0 atom stereocenters. The van der Waals surface area contributed by atoms with Gasteiger partial charge in [0.1, 0.15) is 4.21 Å². The van der Waals surface area contributed by atoms with Gasteiger partial charge in [-0.05, 0) is 57.5 Å². The van der Waals surface area contributed by atoms with Gasteiger partial charge in [-0.15, -0.1) is 11.3 Å². The maximum absolute atomic E-state index is 12.1. The smallest absolute Gasteiger partial charge is 0.250 e. The molecule has 1 aromatic heterocycles. The monoisotopic (exact) mass is 318 g/mol. The minimum Gasteiger partial charge on any atom is -0.391 e. The van der Waals surface area contributed by atoms with Crippen molar-refractivity contribution in [3.05, 3.63) is 17.0 Å². The molecule has 0 radical (unpaired) electrons. The number of hydrogen-bond donors (Lipinski definition) is 2. The zero-order valence-corrected chi connectivity index (χ0v) is 13.3. The van der Waals surface area contributed by atoms with Crippen LogP contribution in [0.1, 0.15) is 24.1 Å². The lowest BCUT2D eigenvalue weighted by molar-refractivity contribution is 0.213. The van der Waals surface area contributed by atoms with E-state index in [1.807, 2.05) is 0 Å². The van der Waals surface area contributed by atoms with Crippen molar-refractivity contribution >= 4 is 21.4 Å². The Hall–Kier alpha value is -0.470. The summed E-state index contributed by atoms with van der Waals surface area (Å²) < 4.78 is 27.1. The number of aliphatic hydroxyl groups excluding tert-OH is 1. The van der Waals surface area contributed by atoms with Crippen LogP contribution in [0.25, 0.3) is 0 Å². The molecule has 0 saturated carbocycles. The fourth-order valence-electron chi connectivity index (χ4n) is 2.41. The highest BCUT2D eigenvalue weighted by Gasteiger charge is 2.19. The van der Waals surface area contributed by atoms with Crippen LogP contribution in [0.5, 0.6) is 0 Å². The highest BCUT2D eigenvalue weighted by Crippen LogP contribution is 2.22. The first-order chi connectivity index (χ1) is 9.51. The van der Waals surface area contributed by atoms with Crippen molar-refractivity contribution in [1.29, 1.82) is 0 Å². The van der Waals surface area contributed by atoms with Gasteiger partial charge in [0, 0.05) is 11.4 Å². The van der Waals surface area contributed by atoms with E-state index in [9.17, 15) is 8.42 Å². The number of rotatable bonds is 6. The van der Waals surface area contributed by atoms with Crippen molar-refractivity contribution in [3.8, 4) is 0 Å². The lowest BCUT2D eigenvalue weighted by atomic mass is 9.94. The average Bonchev–Trinajstić information content (AvgIpc) is 2.90. The first kappa shape index (κ1) is 15.9. The normalized spacial score (nSPS) is 18.5. The highest BCUT2D eigenvalue weighted by molar-refractivity contribution is 7.91. The molecule has 1 aliphatic heterocycles. The number of thiophene rings is 1. The summed E-state index contributed by atoms with van der Waals surface area (Å²) in [6.07, 6.45) is 3.18. The third kappa shape index (κ3) is 4.26. The zero-order chi connectivity index (χ0) is 14.6. The van der Waals surface area contributed by atoms with E-state index in [1.54, 1.807) is 12.1 Å². The summed E-state index contributed by atoms with van der Waals surface area (Å²) in [5, 5.41) is 8.98. The largest absolute Gasteiger partial charge is 0.391 e. The SMILES string of the molecule is CN1CCC(CCNS(=O)(=O)c2ccc(CO)s2)CC1. The molecule has 0 amide bonds. The van der Waals surface area contributed by atoms with Crippen LogP contribution in [0.3, 0.4) is 0 Å². The third-order valence-corrected chi connectivity index (χ3v) is 6.76. The predicted molar refractivity (Wildman–Crippen MR) is 80.3 cm³/mol. The number of piperidine rings is 1. The van der Waals surface area contributed by atoms with Gasteiger partial charge in [0.25, 0.3) is 0 Å². The maximum Gasteiger partial charge on any atom is 0.250 e. The van der Waals surface area contributed by atoms with Gasteiger partial charge in [0.2, 0.25) is 10.0 Å². The number of hydrogen-bond acceptors (Lipinski definition) is 5. The van der Waals surface area contributed by atoms with Gasteiger partial charge in [-0.25, -0.2) is 13.1 Å². The topological polar surface area (TPSA) is 69.6 Å². The molecule has 1 saturated heterocycles. The van der Waals surface area contributed by atoms with E-state index in [0.29, 0.717) is 17.3 Å². The van der Waals surface area contributed by atoms with E-state index >= 15 is 0 Å². The predicted octanol–water partition coefficient (Wildman–Crippen LogP) is 1.25. The molecule has 114 valence electrons. The van der Waals surface area contributed by atoms with Gasteiger partial charge in [-0.2, -0.15) is 0 Å². The second-order valence-corrected chi connectivity index (χ2v) is 8.47. The first-order valence-electron chi connectivity index (χ1n) is 6.89. The number of aliphatic hydroxyl groups is 1. The molecule has 1 aromatic rings. The number of nitrogens with one attached hydrogen (secondary N) is 1. The summed E-state index contributed by atoms with van der Waals surface area (Å²) in [6, 6.07) is 3.20. The van der Waals surface area contributed by atoms with Crippen LogP contribution in [-0.4, -0.2) is 45.1 Å². The molecule has 0 spiro atoms. The van der Waals surface area contributed by atoms with E-state index in [1.165, 1.54) is 0 Å². The quantitative estimate of drug-likeness (QED) is 0.828. The Bertz CT molecular complexity index is 519. The molecule has 2 N–H and O–H groups in total. The van der Waals surface area contributed by atoms with E-state index in [-0.39, 0.29) is 10.8 Å². The van der Waals surface area contributed by atoms with Crippen LogP contribution < -0.4 is 4.72 Å². The van der Waals surface area contributed by atoms with Crippen LogP contribution in [0, 0.1) is 5.92 Å². The molecule has 0 bridgehead atoms. The van der Waals surface area contributed by atoms with Crippen LogP contribution in [-0.2, 0) is 16.6 Å². The van der Waals surface area contributed by atoms with E-state index in [0.717, 1.165) is 43.7 Å². The number of likely N-dealkylation sites (tertiary alicyclic amines) is 1. The summed E-state index contributed by atoms with van der Waals surface area (Å²) in [6.45, 7) is 2.57. The number of sulfonamides is 1. The first-order valence-corrected chi connectivity index (χ1v) is 9.19. The molecule has 2 heterocycles. The molecule has 5 nitrogen and oxygen atoms in total. The molecular formula is C13H22N2O3S2. The second-order valence-electron chi connectivity index (χ2n) is 5.31. The van der Waals surface area contributed by atoms with E-state index in [4.69, 9.17) is 5.11 Å².